The van der Waals surface area contributed by atoms with Gasteiger partial charge in [-0.05, 0) is 57.3 Å². The van der Waals surface area contributed by atoms with Gasteiger partial charge >= 0.3 is 0 Å². The number of hydrogen-bond acceptors (Lipinski definition) is 2. The Morgan fingerprint density at radius 2 is 1.80 bits per heavy atom. The molecule has 0 aliphatic heterocycles. The van der Waals surface area contributed by atoms with Crippen LogP contribution in [-0.4, -0.2) is 13.2 Å². The lowest BCUT2D eigenvalue weighted by atomic mass is 10.3. The topological polar surface area (TPSA) is 21.3 Å². The Morgan fingerprint density at radius 3 is 2.27 bits per heavy atom. The van der Waals surface area contributed by atoms with Crippen LogP contribution < -0.4 is 10.1 Å². The SMILES string of the molecule is CCCNc1cc(Br)c(OCC)c(Br)c1. The van der Waals surface area contributed by atoms with E-state index in [2.05, 4.69) is 44.1 Å². The van der Waals surface area contributed by atoms with E-state index in [1.54, 1.807) is 0 Å². The smallest absolute Gasteiger partial charge is 0.147 e. The molecule has 0 unspecified atom stereocenters. The molecule has 0 radical (unpaired) electrons. The predicted octanol–water partition coefficient (Wildman–Crippen LogP) is 4.43. The van der Waals surface area contributed by atoms with E-state index >= 15 is 0 Å². The van der Waals surface area contributed by atoms with Crippen molar-refractivity contribution in [1.29, 1.82) is 0 Å². The highest BCUT2D eigenvalue weighted by atomic mass is 79.9. The van der Waals surface area contributed by atoms with Crippen LogP contribution in [0.15, 0.2) is 21.1 Å². The molecule has 0 saturated heterocycles. The van der Waals surface area contributed by atoms with Crippen LogP contribution in [0.3, 0.4) is 0 Å². The van der Waals surface area contributed by atoms with E-state index in [0.29, 0.717) is 6.61 Å². The summed E-state index contributed by atoms with van der Waals surface area (Å²) in [5.74, 6) is 0.861. The zero-order valence-electron chi connectivity index (χ0n) is 8.94. The fourth-order valence-corrected chi connectivity index (χ4v) is 2.63. The second-order valence-electron chi connectivity index (χ2n) is 3.13. The summed E-state index contributed by atoms with van der Waals surface area (Å²) in [6, 6.07) is 4.07. The van der Waals surface area contributed by atoms with Crippen LogP contribution in [0.4, 0.5) is 5.69 Å². The van der Waals surface area contributed by atoms with Crippen molar-refractivity contribution >= 4 is 37.5 Å². The molecule has 4 heteroatoms. The minimum atomic E-state index is 0.666. The molecule has 0 aliphatic rings. The summed E-state index contributed by atoms with van der Waals surface area (Å²) in [5.41, 5.74) is 1.10. The quantitative estimate of drug-likeness (QED) is 0.858. The van der Waals surface area contributed by atoms with Gasteiger partial charge in [0.15, 0.2) is 0 Å². The van der Waals surface area contributed by atoms with E-state index in [4.69, 9.17) is 4.74 Å². The number of benzene rings is 1. The molecule has 1 aromatic carbocycles. The van der Waals surface area contributed by atoms with Gasteiger partial charge in [0.05, 0.1) is 15.6 Å². The maximum Gasteiger partial charge on any atom is 0.147 e. The van der Waals surface area contributed by atoms with Gasteiger partial charge in [-0.3, -0.25) is 0 Å². The second kappa shape index (κ2) is 6.38. The van der Waals surface area contributed by atoms with Crippen molar-refractivity contribution in [3.05, 3.63) is 21.1 Å². The Kier molecular flexibility index (Phi) is 5.47. The maximum atomic E-state index is 5.51. The van der Waals surface area contributed by atoms with Crippen molar-refractivity contribution in [3.8, 4) is 5.75 Å². The first-order chi connectivity index (χ1) is 7.19. The number of halogens is 2. The van der Waals surface area contributed by atoms with Crippen LogP contribution in [0.1, 0.15) is 20.3 Å². The standard InChI is InChI=1S/C11H15Br2NO/c1-3-5-14-8-6-9(12)11(15-4-2)10(13)7-8/h6-7,14H,3-5H2,1-2H3. The summed E-state index contributed by atoms with van der Waals surface area (Å²) < 4.78 is 7.44. The molecule has 0 saturated carbocycles. The summed E-state index contributed by atoms with van der Waals surface area (Å²) in [6.07, 6.45) is 1.11. The number of ether oxygens (including phenoxy) is 1. The number of hydrogen-bond donors (Lipinski definition) is 1. The maximum absolute atomic E-state index is 5.51. The normalized spacial score (nSPS) is 10.1. The fraction of sp³-hybridized carbons (Fsp3) is 0.455. The zero-order chi connectivity index (χ0) is 11.3. The molecule has 0 aliphatic carbocycles. The van der Waals surface area contributed by atoms with Gasteiger partial charge in [0.2, 0.25) is 0 Å². The molecule has 2 nitrogen and oxygen atoms in total. The highest BCUT2D eigenvalue weighted by Crippen LogP contribution is 2.36. The van der Waals surface area contributed by atoms with E-state index < -0.39 is 0 Å². The third-order valence-electron chi connectivity index (χ3n) is 1.87. The van der Waals surface area contributed by atoms with Crippen LogP contribution in [0.5, 0.6) is 5.75 Å². The lowest BCUT2D eigenvalue weighted by Crippen LogP contribution is -2.00. The molecule has 0 fully saturated rings. The average Bonchev–Trinajstić information content (AvgIpc) is 2.20. The molecule has 1 rings (SSSR count). The fourth-order valence-electron chi connectivity index (χ4n) is 1.21. The van der Waals surface area contributed by atoms with Gasteiger partial charge in [0.25, 0.3) is 0 Å². The molecule has 1 aromatic rings. The van der Waals surface area contributed by atoms with Gasteiger partial charge in [-0.25, -0.2) is 0 Å². The predicted molar refractivity (Wildman–Crippen MR) is 71.8 cm³/mol. The summed E-state index contributed by atoms with van der Waals surface area (Å²) >= 11 is 6.99. The summed E-state index contributed by atoms with van der Waals surface area (Å²) in [4.78, 5) is 0. The Morgan fingerprint density at radius 1 is 1.20 bits per heavy atom. The van der Waals surface area contributed by atoms with Gasteiger partial charge in [-0.2, -0.15) is 0 Å². The Balaban J connectivity index is 2.87. The number of rotatable bonds is 5. The molecular weight excluding hydrogens is 322 g/mol. The summed E-state index contributed by atoms with van der Waals surface area (Å²) in [7, 11) is 0. The van der Waals surface area contributed by atoms with Crippen LogP contribution in [0.2, 0.25) is 0 Å². The Hall–Kier alpha value is -0.220. The first-order valence-corrected chi connectivity index (χ1v) is 6.63. The van der Waals surface area contributed by atoms with Crippen molar-refractivity contribution in [2.45, 2.75) is 20.3 Å². The van der Waals surface area contributed by atoms with E-state index in [9.17, 15) is 0 Å². The van der Waals surface area contributed by atoms with E-state index in [0.717, 1.165) is 33.3 Å². The van der Waals surface area contributed by atoms with Crippen LogP contribution in [0, 0.1) is 0 Å². The van der Waals surface area contributed by atoms with Crippen molar-refractivity contribution in [2.75, 3.05) is 18.5 Å². The van der Waals surface area contributed by atoms with Crippen LogP contribution >= 0.6 is 31.9 Å². The number of nitrogens with one attached hydrogen (secondary N) is 1. The zero-order valence-corrected chi connectivity index (χ0v) is 12.1. The van der Waals surface area contributed by atoms with Crippen molar-refractivity contribution in [2.24, 2.45) is 0 Å². The van der Waals surface area contributed by atoms with E-state index in [1.807, 2.05) is 19.1 Å². The molecule has 0 bridgehead atoms. The van der Waals surface area contributed by atoms with Crippen LogP contribution in [0.25, 0.3) is 0 Å². The largest absolute Gasteiger partial charge is 0.492 e. The van der Waals surface area contributed by atoms with Gasteiger partial charge in [-0.15, -0.1) is 0 Å². The minimum absolute atomic E-state index is 0.666. The van der Waals surface area contributed by atoms with Crippen molar-refractivity contribution in [1.82, 2.24) is 0 Å². The van der Waals surface area contributed by atoms with Gasteiger partial charge in [0, 0.05) is 12.2 Å². The lowest BCUT2D eigenvalue weighted by Gasteiger charge is -2.11. The van der Waals surface area contributed by atoms with Gasteiger partial charge in [0.1, 0.15) is 5.75 Å². The molecule has 0 spiro atoms. The monoisotopic (exact) mass is 335 g/mol. The Labute approximate surface area is 108 Å². The molecule has 0 atom stereocenters. The minimum Gasteiger partial charge on any atom is -0.492 e. The van der Waals surface area contributed by atoms with Crippen molar-refractivity contribution in [3.63, 3.8) is 0 Å². The average molecular weight is 337 g/mol. The molecule has 1 N–H and O–H groups in total. The molecular formula is C11H15Br2NO. The van der Waals surface area contributed by atoms with Crippen LogP contribution in [-0.2, 0) is 0 Å². The lowest BCUT2D eigenvalue weighted by molar-refractivity contribution is 0.336. The Bertz CT molecular complexity index is 305. The molecule has 15 heavy (non-hydrogen) atoms. The first-order valence-electron chi connectivity index (χ1n) is 5.04. The van der Waals surface area contributed by atoms with E-state index in [1.165, 1.54) is 0 Å². The van der Waals surface area contributed by atoms with E-state index in [-0.39, 0.29) is 0 Å². The summed E-state index contributed by atoms with van der Waals surface area (Å²) in [5, 5.41) is 3.33. The summed E-state index contributed by atoms with van der Waals surface area (Å²) in [6.45, 7) is 5.76. The number of anilines is 1. The molecule has 84 valence electrons. The van der Waals surface area contributed by atoms with Gasteiger partial charge in [-0.1, -0.05) is 6.92 Å². The highest BCUT2D eigenvalue weighted by Gasteiger charge is 2.07. The first kappa shape index (κ1) is 12.8. The molecule has 0 aromatic heterocycles. The second-order valence-corrected chi connectivity index (χ2v) is 4.84. The van der Waals surface area contributed by atoms with Gasteiger partial charge < -0.3 is 10.1 Å². The molecule has 0 heterocycles. The highest BCUT2D eigenvalue weighted by molar-refractivity contribution is 9.11. The third-order valence-corrected chi connectivity index (χ3v) is 3.04. The third kappa shape index (κ3) is 3.68. The molecule has 0 amide bonds. The van der Waals surface area contributed by atoms with Crippen molar-refractivity contribution < 1.29 is 4.74 Å².